The van der Waals surface area contributed by atoms with Gasteiger partial charge in [-0.15, -0.1) is 0 Å². The Morgan fingerprint density at radius 2 is 1.54 bits per heavy atom. The summed E-state index contributed by atoms with van der Waals surface area (Å²) in [5.74, 6) is -0.215. The zero-order valence-corrected chi connectivity index (χ0v) is 19.7. The molecule has 0 bridgehead atoms. The highest BCUT2D eigenvalue weighted by molar-refractivity contribution is 6.07. The van der Waals surface area contributed by atoms with Crippen molar-refractivity contribution >= 4 is 27.7 Å². The molecular formula is C29H28N4O2. The number of rotatable bonds is 8. The minimum atomic E-state index is -0.263. The van der Waals surface area contributed by atoms with E-state index >= 15 is 0 Å². The van der Waals surface area contributed by atoms with Crippen molar-refractivity contribution in [3.8, 4) is 0 Å². The third kappa shape index (κ3) is 4.73. The van der Waals surface area contributed by atoms with E-state index in [9.17, 15) is 9.59 Å². The van der Waals surface area contributed by atoms with Gasteiger partial charge in [-0.25, -0.2) is 4.68 Å². The summed E-state index contributed by atoms with van der Waals surface area (Å²) in [5, 5.41) is 9.22. The fourth-order valence-corrected chi connectivity index (χ4v) is 4.64. The second kappa shape index (κ2) is 9.97. The quantitative estimate of drug-likeness (QED) is 0.367. The SMILES string of the molecule is CC[C@@H](Cc1ccccc1)NC(=O)Cn1ncc2c3ccccc3n(Cc3ccccc3)c2c1=O. The van der Waals surface area contributed by atoms with Crippen LogP contribution in [0.2, 0.25) is 0 Å². The van der Waals surface area contributed by atoms with Gasteiger partial charge in [-0.05, 0) is 30.0 Å². The van der Waals surface area contributed by atoms with Crippen LogP contribution in [0.15, 0.2) is 95.9 Å². The van der Waals surface area contributed by atoms with Crippen LogP contribution in [0, 0.1) is 0 Å². The average Bonchev–Trinajstić information content (AvgIpc) is 3.20. The van der Waals surface area contributed by atoms with E-state index in [1.54, 1.807) is 6.20 Å². The number of fused-ring (bicyclic) bond motifs is 3. The van der Waals surface area contributed by atoms with Crippen molar-refractivity contribution in [3.05, 3.63) is 113 Å². The minimum absolute atomic E-state index is 0.00568. The van der Waals surface area contributed by atoms with Crippen LogP contribution < -0.4 is 10.9 Å². The normalized spacial score (nSPS) is 12.1. The lowest BCUT2D eigenvalue weighted by atomic mass is 10.0. The first-order valence-electron chi connectivity index (χ1n) is 12.0. The fraction of sp³-hybridized carbons (Fsp3) is 0.207. The molecule has 0 unspecified atom stereocenters. The topological polar surface area (TPSA) is 68.9 Å². The number of carbonyl (C=O) groups excluding carboxylic acids is 1. The van der Waals surface area contributed by atoms with E-state index in [4.69, 9.17) is 0 Å². The molecule has 0 spiro atoms. The lowest BCUT2D eigenvalue weighted by molar-refractivity contribution is -0.122. The summed E-state index contributed by atoms with van der Waals surface area (Å²) in [6.45, 7) is 2.49. The maximum atomic E-state index is 13.6. The molecule has 0 fully saturated rings. The first-order valence-corrected chi connectivity index (χ1v) is 12.0. The van der Waals surface area contributed by atoms with Crippen LogP contribution in [0.1, 0.15) is 24.5 Å². The molecule has 176 valence electrons. The highest BCUT2D eigenvalue weighted by atomic mass is 16.2. The molecule has 1 amide bonds. The van der Waals surface area contributed by atoms with Crippen LogP contribution in [0.4, 0.5) is 0 Å². The molecule has 0 radical (unpaired) electrons. The molecule has 0 aliphatic carbocycles. The summed E-state index contributed by atoms with van der Waals surface area (Å²) >= 11 is 0. The number of amides is 1. The molecule has 35 heavy (non-hydrogen) atoms. The van der Waals surface area contributed by atoms with Crippen LogP contribution in [-0.2, 0) is 24.3 Å². The molecular weight excluding hydrogens is 436 g/mol. The molecule has 0 aliphatic rings. The zero-order chi connectivity index (χ0) is 24.2. The predicted octanol–water partition coefficient (Wildman–Crippen LogP) is 4.54. The highest BCUT2D eigenvalue weighted by Crippen LogP contribution is 2.27. The van der Waals surface area contributed by atoms with E-state index in [-0.39, 0.29) is 24.1 Å². The number of para-hydroxylation sites is 1. The maximum absolute atomic E-state index is 13.6. The fourth-order valence-electron chi connectivity index (χ4n) is 4.64. The van der Waals surface area contributed by atoms with Gasteiger partial charge >= 0.3 is 0 Å². The molecule has 1 atom stereocenters. The first kappa shape index (κ1) is 22.6. The van der Waals surface area contributed by atoms with E-state index < -0.39 is 0 Å². The zero-order valence-electron chi connectivity index (χ0n) is 19.7. The molecule has 1 N–H and O–H groups in total. The van der Waals surface area contributed by atoms with Crippen molar-refractivity contribution in [3.63, 3.8) is 0 Å². The number of hydrogen-bond acceptors (Lipinski definition) is 3. The van der Waals surface area contributed by atoms with Crippen molar-refractivity contribution in [2.75, 3.05) is 0 Å². The molecule has 0 aliphatic heterocycles. The second-order valence-corrected chi connectivity index (χ2v) is 8.82. The van der Waals surface area contributed by atoms with E-state index in [0.717, 1.165) is 34.7 Å². The van der Waals surface area contributed by atoms with Crippen molar-refractivity contribution in [1.82, 2.24) is 19.7 Å². The summed E-state index contributed by atoms with van der Waals surface area (Å²) in [4.78, 5) is 26.5. The molecule has 0 saturated heterocycles. The standard InChI is InChI=1S/C29H28N4O2/c1-2-23(17-21-11-5-3-6-12-21)31-27(34)20-33-29(35)28-25(18-30-33)24-15-9-10-16-26(24)32(28)19-22-13-7-4-8-14-22/h3-16,18,23H,2,17,19-20H2,1H3,(H,31,34)/t23-/m0/s1. The molecule has 5 aromatic rings. The van der Waals surface area contributed by atoms with Crippen LogP contribution in [0.5, 0.6) is 0 Å². The van der Waals surface area contributed by atoms with Gasteiger partial charge in [-0.1, -0.05) is 85.8 Å². The van der Waals surface area contributed by atoms with Gasteiger partial charge in [0.1, 0.15) is 12.1 Å². The van der Waals surface area contributed by atoms with E-state index in [2.05, 4.69) is 22.5 Å². The Bertz CT molecular complexity index is 1520. The van der Waals surface area contributed by atoms with Crippen LogP contribution in [-0.4, -0.2) is 26.3 Å². The summed E-state index contributed by atoms with van der Waals surface area (Å²) in [7, 11) is 0. The molecule has 5 rings (SSSR count). The number of nitrogens with one attached hydrogen (secondary N) is 1. The number of carbonyl (C=O) groups is 1. The summed E-state index contributed by atoms with van der Waals surface area (Å²) in [6.07, 6.45) is 3.25. The molecule has 2 aromatic heterocycles. The van der Waals surface area contributed by atoms with Gasteiger partial charge in [0.2, 0.25) is 5.91 Å². The summed E-state index contributed by atoms with van der Waals surface area (Å²) in [5.41, 5.74) is 3.54. The summed E-state index contributed by atoms with van der Waals surface area (Å²) in [6, 6.07) is 28.1. The van der Waals surface area contributed by atoms with Crippen LogP contribution in [0.3, 0.4) is 0 Å². The molecule has 6 heteroatoms. The first-order chi connectivity index (χ1) is 17.1. The largest absolute Gasteiger partial charge is 0.351 e. The molecule has 3 aromatic carbocycles. The van der Waals surface area contributed by atoms with E-state index in [1.807, 2.05) is 84.3 Å². The van der Waals surface area contributed by atoms with Gasteiger partial charge in [0, 0.05) is 28.9 Å². The van der Waals surface area contributed by atoms with Crippen LogP contribution >= 0.6 is 0 Å². The Morgan fingerprint density at radius 3 is 2.26 bits per heavy atom. The number of benzene rings is 3. The Kier molecular flexibility index (Phi) is 6.44. The van der Waals surface area contributed by atoms with Crippen LogP contribution in [0.25, 0.3) is 21.8 Å². The lowest BCUT2D eigenvalue weighted by Crippen LogP contribution is -2.40. The smallest absolute Gasteiger partial charge is 0.291 e. The highest BCUT2D eigenvalue weighted by Gasteiger charge is 2.18. The summed E-state index contributed by atoms with van der Waals surface area (Å²) < 4.78 is 3.30. The van der Waals surface area contributed by atoms with Crippen molar-refractivity contribution < 1.29 is 4.79 Å². The Hall–Kier alpha value is -4.19. The van der Waals surface area contributed by atoms with Crippen molar-refractivity contribution in [2.45, 2.75) is 38.9 Å². The van der Waals surface area contributed by atoms with Gasteiger partial charge < -0.3 is 9.88 Å². The predicted molar refractivity (Wildman–Crippen MR) is 139 cm³/mol. The van der Waals surface area contributed by atoms with Crippen molar-refractivity contribution in [2.24, 2.45) is 0 Å². The van der Waals surface area contributed by atoms with E-state index in [1.165, 1.54) is 10.2 Å². The Balaban J connectivity index is 1.46. The Morgan fingerprint density at radius 1 is 0.886 bits per heavy atom. The third-order valence-corrected chi connectivity index (χ3v) is 6.43. The monoisotopic (exact) mass is 464 g/mol. The molecule has 2 heterocycles. The lowest BCUT2D eigenvalue weighted by Gasteiger charge is -2.17. The van der Waals surface area contributed by atoms with Gasteiger partial charge in [0.25, 0.3) is 5.56 Å². The second-order valence-electron chi connectivity index (χ2n) is 8.82. The molecule has 0 saturated carbocycles. The number of aromatic nitrogens is 3. The van der Waals surface area contributed by atoms with Gasteiger partial charge in [0.05, 0.1) is 6.20 Å². The van der Waals surface area contributed by atoms with Gasteiger partial charge in [-0.3, -0.25) is 9.59 Å². The van der Waals surface area contributed by atoms with Gasteiger partial charge in [-0.2, -0.15) is 5.10 Å². The average molecular weight is 465 g/mol. The van der Waals surface area contributed by atoms with E-state index in [0.29, 0.717) is 12.1 Å². The Labute approximate surface area is 203 Å². The number of hydrogen-bond donors (Lipinski definition) is 1. The number of nitrogens with zero attached hydrogens (tertiary/aromatic N) is 3. The third-order valence-electron chi connectivity index (χ3n) is 6.43. The van der Waals surface area contributed by atoms with Crippen molar-refractivity contribution in [1.29, 1.82) is 0 Å². The van der Waals surface area contributed by atoms with Gasteiger partial charge in [0.15, 0.2) is 0 Å². The maximum Gasteiger partial charge on any atom is 0.291 e. The minimum Gasteiger partial charge on any atom is -0.351 e. The molecule has 6 nitrogen and oxygen atoms in total.